The Bertz CT molecular complexity index is 759. The van der Waals surface area contributed by atoms with Gasteiger partial charge in [0.25, 0.3) is 5.69 Å². The van der Waals surface area contributed by atoms with Gasteiger partial charge in [0.1, 0.15) is 5.69 Å². The zero-order chi connectivity index (χ0) is 18.2. The van der Waals surface area contributed by atoms with Crippen LogP contribution in [-0.2, 0) is 0 Å². The van der Waals surface area contributed by atoms with Gasteiger partial charge in [0, 0.05) is 18.3 Å². The van der Waals surface area contributed by atoms with Crippen LogP contribution in [0.1, 0.15) is 25.3 Å². The number of hydrogen-bond donors (Lipinski definition) is 3. The van der Waals surface area contributed by atoms with Crippen molar-refractivity contribution in [3.63, 3.8) is 0 Å². The number of rotatable bonds is 7. The zero-order valence-electron chi connectivity index (χ0n) is 14.4. The van der Waals surface area contributed by atoms with Gasteiger partial charge < -0.3 is 16.4 Å². The van der Waals surface area contributed by atoms with Crippen LogP contribution >= 0.6 is 0 Å². The third-order valence-corrected chi connectivity index (χ3v) is 3.64. The summed E-state index contributed by atoms with van der Waals surface area (Å²) >= 11 is 0. The van der Waals surface area contributed by atoms with E-state index in [-0.39, 0.29) is 5.69 Å². The molecule has 25 heavy (non-hydrogen) atoms. The summed E-state index contributed by atoms with van der Waals surface area (Å²) in [6.07, 6.45) is 0. The summed E-state index contributed by atoms with van der Waals surface area (Å²) in [6, 6.07) is 14.5. The number of hydrogen-bond acceptors (Lipinski definition) is 4. The highest BCUT2D eigenvalue weighted by Crippen LogP contribution is 2.22. The Hall–Kier alpha value is -3.09. The van der Waals surface area contributed by atoms with Gasteiger partial charge >= 0.3 is 0 Å². The normalized spacial score (nSPS) is 11.4. The van der Waals surface area contributed by atoms with E-state index < -0.39 is 4.92 Å². The van der Waals surface area contributed by atoms with Crippen LogP contribution in [0, 0.1) is 10.1 Å². The summed E-state index contributed by atoms with van der Waals surface area (Å²) in [5.74, 6) is 0.746. The predicted molar refractivity (Wildman–Crippen MR) is 102 cm³/mol. The molecule has 4 N–H and O–H groups in total. The number of aliphatic imine (C=N–C) groups is 1. The molecule has 0 spiro atoms. The largest absolute Gasteiger partial charge is 0.378 e. The van der Waals surface area contributed by atoms with E-state index in [9.17, 15) is 10.1 Å². The Morgan fingerprint density at radius 3 is 2.72 bits per heavy atom. The molecule has 0 fully saturated rings. The lowest BCUT2D eigenvalue weighted by atomic mass is 10.0. The van der Waals surface area contributed by atoms with Crippen molar-refractivity contribution in [3.05, 3.63) is 64.2 Å². The molecule has 0 aliphatic carbocycles. The first-order chi connectivity index (χ1) is 12.0. The van der Waals surface area contributed by atoms with Crippen LogP contribution in [0.2, 0.25) is 0 Å². The van der Waals surface area contributed by atoms with Gasteiger partial charge in [-0.2, -0.15) is 0 Å². The van der Waals surface area contributed by atoms with Gasteiger partial charge in [-0.05, 0) is 29.7 Å². The van der Waals surface area contributed by atoms with Crippen molar-refractivity contribution in [2.24, 2.45) is 10.7 Å². The summed E-state index contributed by atoms with van der Waals surface area (Å²) in [4.78, 5) is 14.8. The van der Waals surface area contributed by atoms with Crippen molar-refractivity contribution in [2.45, 2.75) is 19.8 Å². The van der Waals surface area contributed by atoms with Gasteiger partial charge in [-0.1, -0.05) is 38.1 Å². The topological polar surface area (TPSA) is 106 Å². The molecule has 7 heteroatoms. The van der Waals surface area contributed by atoms with Crippen molar-refractivity contribution >= 4 is 23.0 Å². The molecule has 2 aromatic rings. The number of nitrogens with one attached hydrogen (secondary N) is 2. The fourth-order valence-electron chi connectivity index (χ4n) is 2.31. The summed E-state index contributed by atoms with van der Waals surface area (Å²) < 4.78 is 0. The van der Waals surface area contributed by atoms with Gasteiger partial charge in [0.05, 0.1) is 11.5 Å². The van der Waals surface area contributed by atoms with Gasteiger partial charge in [-0.3, -0.25) is 15.1 Å². The number of para-hydroxylation sites is 2. The lowest BCUT2D eigenvalue weighted by molar-refractivity contribution is -0.384. The Balaban J connectivity index is 1.88. The molecule has 0 saturated heterocycles. The quantitative estimate of drug-likeness (QED) is 0.235. The predicted octanol–water partition coefficient (Wildman–Crippen LogP) is 3.56. The van der Waals surface area contributed by atoms with Crippen LogP contribution in [0.15, 0.2) is 53.5 Å². The minimum absolute atomic E-state index is 0.0445. The first kappa shape index (κ1) is 18.3. The molecule has 0 unspecified atom stereocenters. The Morgan fingerprint density at radius 2 is 2.00 bits per heavy atom. The molecule has 0 saturated carbocycles. The molecule has 0 heterocycles. The average molecular weight is 341 g/mol. The van der Waals surface area contributed by atoms with E-state index in [0.717, 1.165) is 5.69 Å². The summed E-state index contributed by atoms with van der Waals surface area (Å²) in [7, 11) is 0. The van der Waals surface area contributed by atoms with Crippen LogP contribution in [0.25, 0.3) is 0 Å². The number of guanidine groups is 1. The van der Waals surface area contributed by atoms with E-state index in [0.29, 0.717) is 30.7 Å². The molecule has 0 bridgehead atoms. The molecule has 7 nitrogen and oxygen atoms in total. The molecule has 2 aromatic carbocycles. The minimum Gasteiger partial charge on any atom is -0.378 e. The maximum Gasteiger partial charge on any atom is 0.292 e. The number of nitrogens with two attached hydrogens (primary N) is 1. The van der Waals surface area contributed by atoms with Gasteiger partial charge in [-0.15, -0.1) is 0 Å². The Kier molecular flexibility index (Phi) is 6.33. The van der Waals surface area contributed by atoms with Gasteiger partial charge in [0.15, 0.2) is 5.96 Å². The number of nitro benzene ring substituents is 1. The third-order valence-electron chi connectivity index (χ3n) is 3.64. The molecule has 0 atom stereocenters. The standard InChI is InChI=1S/C18H23N5O2/c1-13(2)14-6-5-7-15(12-14)22-18(19)21-11-10-20-16-8-3-4-9-17(16)23(24)25/h3-9,12-13,20H,10-11H2,1-2H3,(H3,19,21,22). The average Bonchev–Trinajstić information content (AvgIpc) is 2.59. The van der Waals surface area contributed by atoms with Crippen LogP contribution in [-0.4, -0.2) is 24.0 Å². The fraction of sp³-hybridized carbons (Fsp3) is 0.278. The highest BCUT2D eigenvalue weighted by molar-refractivity contribution is 5.92. The lowest BCUT2D eigenvalue weighted by Crippen LogP contribution is -2.23. The second-order valence-corrected chi connectivity index (χ2v) is 5.87. The first-order valence-corrected chi connectivity index (χ1v) is 8.11. The first-order valence-electron chi connectivity index (χ1n) is 8.11. The van der Waals surface area contributed by atoms with Crippen molar-refractivity contribution in [3.8, 4) is 0 Å². The van der Waals surface area contributed by atoms with Gasteiger partial charge in [-0.25, -0.2) is 0 Å². The second-order valence-electron chi connectivity index (χ2n) is 5.87. The molecule has 0 radical (unpaired) electrons. The zero-order valence-corrected chi connectivity index (χ0v) is 14.4. The second kappa shape index (κ2) is 8.68. The highest BCUT2D eigenvalue weighted by Gasteiger charge is 2.11. The van der Waals surface area contributed by atoms with Crippen molar-refractivity contribution in [2.75, 3.05) is 23.7 Å². The smallest absolute Gasteiger partial charge is 0.292 e. The van der Waals surface area contributed by atoms with E-state index in [1.807, 2.05) is 18.2 Å². The third kappa shape index (κ3) is 5.49. The molecule has 0 aliphatic heterocycles. The van der Waals surface area contributed by atoms with Crippen molar-refractivity contribution in [1.29, 1.82) is 0 Å². The fourth-order valence-corrected chi connectivity index (χ4v) is 2.31. The monoisotopic (exact) mass is 341 g/mol. The Morgan fingerprint density at radius 1 is 1.24 bits per heavy atom. The molecule has 0 aromatic heterocycles. The lowest BCUT2D eigenvalue weighted by Gasteiger charge is -2.10. The summed E-state index contributed by atoms with van der Waals surface area (Å²) in [6.45, 7) is 5.10. The highest BCUT2D eigenvalue weighted by atomic mass is 16.6. The molecule has 132 valence electrons. The molecule has 2 rings (SSSR count). The van der Waals surface area contributed by atoms with Crippen LogP contribution in [0.4, 0.5) is 17.1 Å². The maximum atomic E-state index is 10.9. The maximum absolute atomic E-state index is 10.9. The molecule has 0 amide bonds. The van der Waals surface area contributed by atoms with E-state index in [2.05, 4.69) is 35.5 Å². The Labute approximate surface area is 147 Å². The summed E-state index contributed by atoms with van der Waals surface area (Å²) in [5, 5.41) is 17.0. The van der Waals surface area contributed by atoms with Crippen LogP contribution in [0.3, 0.4) is 0 Å². The molecule has 0 aliphatic rings. The SMILES string of the molecule is CC(C)c1cccc(NC(N)=NCCNc2ccccc2[N+](=O)[O-])c1. The van der Waals surface area contributed by atoms with E-state index in [1.54, 1.807) is 18.2 Å². The summed E-state index contributed by atoms with van der Waals surface area (Å²) in [5.41, 5.74) is 8.51. The van der Waals surface area contributed by atoms with Crippen LogP contribution < -0.4 is 16.4 Å². The van der Waals surface area contributed by atoms with E-state index in [1.165, 1.54) is 11.6 Å². The number of nitro groups is 1. The van der Waals surface area contributed by atoms with E-state index in [4.69, 9.17) is 5.73 Å². The van der Waals surface area contributed by atoms with Crippen molar-refractivity contribution in [1.82, 2.24) is 0 Å². The minimum atomic E-state index is -0.413. The number of anilines is 2. The van der Waals surface area contributed by atoms with Gasteiger partial charge in [0.2, 0.25) is 0 Å². The van der Waals surface area contributed by atoms with E-state index >= 15 is 0 Å². The van der Waals surface area contributed by atoms with Crippen molar-refractivity contribution < 1.29 is 4.92 Å². The number of nitrogens with zero attached hydrogens (tertiary/aromatic N) is 2. The number of benzene rings is 2. The molecular weight excluding hydrogens is 318 g/mol. The molecular formula is C18H23N5O2. The van der Waals surface area contributed by atoms with Crippen LogP contribution in [0.5, 0.6) is 0 Å².